The van der Waals surface area contributed by atoms with Crippen LogP contribution < -0.4 is 5.32 Å². The molecular formula is C16H15BrFN. The maximum Gasteiger partial charge on any atom is 0.124 e. The number of nitrogens with one attached hydrogen (secondary N) is 1. The highest BCUT2D eigenvalue weighted by Crippen LogP contribution is 2.31. The van der Waals surface area contributed by atoms with Crippen LogP contribution in [0, 0.1) is 5.82 Å². The monoisotopic (exact) mass is 319 g/mol. The van der Waals surface area contributed by atoms with Gasteiger partial charge in [0.25, 0.3) is 0 Å². The van der Waals surface area contributed by atoms with Gasteiger partial charge in [-0.1, -0.05) is 46.3 Å². The standard InChI is InChI=1S/C16H15BrFN/c17-15-9-13(18)7-5-12(15)10-19-16-8-6-11-3-1-2-4-14(11)16/h1-5,7,9,16,19H,6,8,10H2. The Kier molecular flexibility index (Phi) is 3.67. The fourth-order valence-electron chi connectivity index (χ4n) is 2.67. The lowest BCUT2D eigenvalue weighted by atomic mass is 10.1. The van der Waals surface area contributed by atoms with Crippen LogP contribution in [0.4, 0.5) is 4.39 Å². The van der Waals surface area contributed by atoms with E-state index in [1.54, 1.807) is 0 Å². The molecule has 1 atom stereocenters. The average Bonchev–Trinajstić information content (AvgIpc) is 2.81. The van der Waals surface area contributed by atoms with Gasteiger partial charge in [0.05, 0.1) is 0 Å². The lowest BCUT2D eigenvalue weighted by Gasteiger charge is -2.15. The molecule has 1 N–H and O–H groups in total. The summed E-state index contributed by atoms with van der Waals surface area (Å²) in [6.07, 6.45) is 2.27. The van der Waals surface area contributed by atoms with Gasteiger partial charge < -0.3 is 5.32 Å². The Morgan fingerprint density at radius 2 is 2.05 bits per heavy atom. The molecule has 3 rings (SSSR count). The van der Waals surface area contributed by atoms with Gasteiger partial charge >= 0.3 is 0 Å². The molecule has 0 bridgehead atoms. The summed E-state index contributed by atoms with van der Waals surface area (Å²) >= 11 is 3.41. The lowest BCUT2D eigenvalue weighted by Crippen LogP contribution is -2.18. The zero-order valence-electron chi connectivity index (χ0n) is 10.5. The van der Waals surface area contributed by atoms with E-state index >= 15 is 0 Å². The van der Waals surface area contributed by atoms with Crippen molar-refractivity contribution in [3.63, 3.8) is 0 Å². The van der Waals surface area contributed by atoms with E-state index in [4.69, 9.17) is 0 Å². The Balaban J connectivity index is 1.71. The fourth-order valence-corrected chi connectivity index (χ4v) is 3.16. The summed E-state index contributed by atoms with van der Waals surface area (Å²) < 4.78 is 13.9. The number of aryl methyl sites for hydroxylation is 1. The van der Waals surface area contributed by atoms with Gasteiger partial charge in [-0.25, -0.2) is 4.39 Å². The van der Waals surface area contributed by atoms with E-state index in [0.29, 0.717) is 6.04 Å². The minimum Gasteiger partial charge on any atom is -0.306 e. The van der Waals surface area contributed by atoms with E-state index in [9.17, 15) is 4.39 Å². The Bertz CT molecular complexity index is 597. The normalized spacial score (nSPS) is 17.5. The van der Waals surface area contributed by atoms with Crippen molar-refractivity contribution >= 4 is 15.9 Å². The second-order valence-electron chi connectivity index (χ2n) is 4.91. The molecule has 0 amide bonds. The predicted molar refractivity (Wildman–Crippen MR) is 78.4 cm³/mol. The Morgan fingerprint density at radius 1 is 1.21 bits per heavy atom. The topological polar surface area (TPSA) is 12.0 Å². The fraction of sp³-hybridized carbons (Fsp3) is 0.250. The Labute approximate surface area is 121 Å². The highest BCUT2D eigenvalue weighted by Gasteiger charge is 2.21. The number of benzene rings is 2. The minimum absolute atomic E-state index is 0.207. The van der Waals surface area contributed by atoms with Crippen LogP contribution >= 0.6 is 15.9 Å². The van der Waals surface area contributed by atoms with E-state index in [-0.39, 0.29) is 5.82 Å². The molecule has 1 aliphatic rings. The molecule has 0 aromatic heterocycles. The third kappa shape index (κ3) is 2.72. The van der Waals surface area contributed by atoms with E-state index in [1.165, 1.54) is 23.3 Å². The molecule has 3 heteroatoms. The number of rotatable bonds is 3. The first-order chi connectivity index (χ1) is 9.24. The third-order valence-electron chi connectivity index (χ3n) is 3.69. The van der Waals surface area contributed by atoms with Crippen LogP contribution in [0.15, 0.2) is 46.9 Å². The summed E-state index contributed by atoms with van der Waals surface area (Å²) in [4.78, 5) is 0. The molecule has 98 valence electrons. The molecule has 0 fully saturated rings. The third-order valence-corrected chi connectivity index (χ3v) is 4.43. The van der Waals surface area contributed by atoms with Crippen LogP contribution in [0.2, 0.25) is 0 Å². The molecule has 19 heavy (non-hydrogen) atoms. The van der Waals surface area contributed by atoms with Gasteiger partial charge in [0.1, 0.15) is 5.82 Å². The van der Waals surface area contributed by atoms with Gasteiger partial charge in [-0.2, -0.15) is 0 Å². The first kappa shape index (κ1) is 12.8. The van der Waals surface area contributed by atoms with E-state index in [2.05, 4.69) is 45.5 Å². The van der Waals surface area contributed by atoms with Crippen LogP contribution in [0.3, 0.4) is 0 Å². The first-order valence-electron chi connectivity index (χ1n) is 6.49. The zero-order valence-corrected chi connectivity index (χ0v) is 12.1. The molecule has 0 saturated heterocycles. The molecule has 2 aromatic carbocycles. The van der Waals surface area contributed by atoms with Crippen molar-refractivity contribution in [1.82, 2.24) is 5.32 Å². The van der Waals surface area contributed by atoms with Crippen LogP contribution in [0.1, 0.15) is 29.2 Å². The van der Waals surface area contributed by atoms with Crippen molar-refractivity contribution in [3.8, 4) is 0 Å². The smallest absolute Gasteiger partial charge is 0.124 e. The number of halogens is 2. The molecule has 0 spiro atoms. The molecule has 0 heterocycles. The summed E-state index contributed by atoms with van der Waals surface area (Å²) in [5.74, 6) is -0.207. The molecule has 0 radical (unpaired) electrons. The van der Waals surface area contributed by atoms with Gasteiger partial charge in [-0.15, -0.1) is 0 Å². The van der Waals surface area contributed by atoms with Gasteiger partial charge in [-0.3, -0.25) is 0 Å². The predicted octanol–water partition coefficient (Wildman–Crippen LogP) is 4.37. The lowest BCUT2D eigenvalue weighted by molar-refractivity contribution is 0.528. The Hall–Kier alpha value is -1.19. The molecule has 1 aliphatic carbocycles. The summed E-state index contributed by atoms with van der Waals surface area (Å²) in [6.45, 7) is 0.750. The number of hydrogen-bond donors (Lipinski definition) is 1. The van der Waals surface area contributed by atoms with Crippen molar-refractivity contribution in [3.05, 3.63) is 69.4 Å². The highest BCUT2D eigenvalue weighted by atomic mass is 79.9. The molecule has 0 saturated carbocycles. The minimum atomic E-state index is -0.207. The number of hydrogen-bond acceptors (Lipinski definition) is 1. The van der Waals surface area contributed by atoms with Gasteiger partial charge in [0.15, 0.2) is 0 Å². The Morgan fingerprint density at radius 3 is 2.89 bits per heavy atom. The van der Waals surface area contributed by atoms with Crippen LogP contribution in [-0.2, 0) is 13.0 Å². The molecule has 1 unspecified atom stereocenters. The summed E-state index contributed by atoms with van der Waals surface area (Å²) in [6, 6.07) is 13.8. The average molecular weight is 320 g/mol. The molecule has 1 nitrogen and oxygen atoms in total. The van der Waals surface area contributed by atoms with Crippen LogP contribution in [0.25, 0.3) is 0 Å². The summed E-state index contributed by atoms with van der Waals surface area (Å²) in [7, 11) is 0. The zero-order chi connectivity index (χ0) is 13.2. The van der Waals surface area contributed by atoms with E-state index < -0.39 is 0 Å². The quantitative estimate of drug-likeness (QED) is 0.886. The van der Waals surface area contributed by atoms with Crippen molar-refractivity contribution < 1.29 is 4.39 Å². The first-order valence-corrected chi connectivity index (χ1v) is 7.28. The largest absolute Gasteiger partial charge is 0.306 e. The maximum absolute atomic E-state index is 13.0. The second-order valence-corrected chi connectivity index (χ2v) is 5.76. The van der Waals surface area contributed by atoms with E-state index in [1.807, 2.05) is 6.07 Å². The van der Waals surface area contributed by atoms with Gasteiger partial charge in [-0.05, 0) is 41.7 Å². The van der Waals surface area contributed by atoms with Crippen molar-refractivity contribution in [2.45, 2.75) is 25.4 Å². The number of fused-ring (bicyclic) bond motifs is 1. The van der Waals surface area contributed by atoms with Crippen molar-refractivity contribution in [2.75, 3.05) is 0 Å². The molecular weight excluding hydrogens is 305 g/mol. The van der Waals surface area contributed by atoms with Crippen molar-refractivity contribution in [1.29, 1.82) is 0 Å². The van der Waals surface area contributed by atoms with Gasteiger partial charge in [0, 0.05) is 17.1 Å². The molecule has 2 aromatic rings. The molecule has 0 aliphatic heterocycles. The van der Waals surface area contributed by atoms with E-state index in [0.717, 1.165) is 29.4 Å². The SMILES string of the molecule is Fc1ccc(CNC2CCc3ccccc32)c(Br)c1. The summed E-state index contributed by atoms with van der Waals surface area (Å²) in [5, 5.41) is 3.56. The van der Waals surface area contributed by atoms with Crippen LogP contribution in [-0.4, -0.2) is 0 Å². The van der Waals surface area contributed by atoms with Crippen molar-refractivity contribution in [2.24, 2.45) is 0 Å². The van der Waals surface area contributed by atoms with Gasteiger partial charge in [0.2, 0.25) is 0 Å². The second kappa shape index (κ2) is 5.43. The summed E-state index contributed by atoms with van der Waals surface area (Å²) in [5.41, 5.74) is 3.93. The maximum atomic E-state index is 13.0. The highest BCUT2D eigenvalue weighted by molar-refractivity contribution is 9.10. The van der Waals surface area contributed by atoms with Crippen LogP contribution in [0.5, 0.6) is 0 Å².